The van der Waals surface area contributed by atoms with Crippen LogP contribution < -0.4 is 0 Å². The first-order valence-electron chi connectivity index (χ1n) is 7.81. The molecule has 0 atom stereocenters. The molecule has 106 heteroatoms. The Bertz CT molecular complexity index is 30.7. The van der Waals surface area contributed by atoms with Gasteiger partial charge in [-0.15, -0.1) is 23.8 Å². The molecule has 0 amide bonds. The lowest BCUT2D eigenvalue weighted by atomic mass is 12.0. The van der Waals surface area contributed by atoms with Crippen molar-refractivity contribution >= 4 is 23.8 Å². The van der Waals surface area contributed by atoms with Gasteiger partial charge in [0.25, 0.3) is 0 Å². The molecule has 0 N–H and O–H groups in total. The number of halogens is 106. The van der Waals surface area contributed by atoms with E-state index >= 15 is 0 Å². The van der Waals surface area contributed by atoms with Gasteiger partial charge in [0.05, 0.1) is 0 Å². The molecule has 0 aromatic heterocycles. The zero-order valence-corrected chi connectivity index (χ0v) is 42.3. The summed E-state index contributed by atoms with van der Waals surface area (Å²) in [5, 5.41) is 0. The molecule has 108 heavy (non-hydrogen) atoms. The van der Waals surface area contributed by atoms with Crippen LogP contribution in [-0.2, 0) is 0 Å². The fourth-order valence-corrected chi connectivity index (χ4v) is 0. The molecule has 0 nitrogen and oxygen atoms in total. The zero-order chi connectivity index (χ0) is 106. The van der Waals surface area contributed by atoms with Crippen LogP contribution in [0.5, 0.6) is 0 Å². The maximum absolute atomic E-state index is 8.00. The largest absolute Gasteiger partial charge is 0.269 e. The summed E-state index contributed by atoms with van der Waals surface area (Å²) in [5.74, 6) is 0. The summed E-state index contributed by atoms with van der Waals surface area (Å²) in [5.41, 5.74) is 0. The summed E-state index contributed by atoms with van der Waals surface area (Å²) in [4.78, 5) is 0. The molecule has 0 spiro atoms. The van der Waals surface area contributed by atoms with Crippen LogP contribution in [0.3, 0.4) is 0 Å². The van der Waals surface area contributed by atoms with Crippen molar-refractivity contribution in [2.24, 2.45) is 0 Å². The third-order valence-corrected chi connectivity index (χ3v) is 0. The van der Waals surface area contributed by atoms with Crippen LogP contribution >= 0.6 is 23.8 Å². The summed E-state index contributed by atoms with van der Waals surface area (Å²) >= 11 is 1.40. The predicted molar refractivity (Wildman–Crippen MR) is 147 cm³/mol. The van der Waals surface area contributed by atoms with E-state index in [4.69, 9.17) is 476 Å². The van der Waals surface area contributed by atoms with Gasteiger partial charge in [-0.1, -0.05) is 14.9 Å². The number of rotatable bonds is 0. The SMILES string of the molecule is C.C.F.FF.FF.FF.FF.FF.FF.FF.FF.FF.FF.FF.FF.FF.FF.FF.FF.FF.FF.FF.FF.FF.FF.FF.FF.FF.FF.FF.FF.FF.FF.FF.FF.FF.FF.FF.FF.FF.FF.FF.FF.FF.FF.FF.FF.FF.FF.FF.FF.FF.FF.FF.FF.[2H]I. The fraction of sp³-hybridized carbons (Fsp3) is 1.00. The average Bonchev–Trinajstić information content (AvgIpc) is 3.91. The van der Waals surface area contributed by atoms with Gasteiger partial charge in [-0.2, -0.15) is 0 Å². The highest BCUT2D eigenvalue weighted by Crippen LogP contribution is 1.52. The Kier molecular flexibility index (Phi) is 99500. The van der Waals surface area contributed by atoms with Crippen LogP contribution in [0.4, 0.5) is 480 Å². The van der Waals surface area contributed by atoms with Gasteiger partial charge in [0.2, 0.25) is 0 Å². The summed E-state index contributed by atoms with van der Waals surface area (Å²) in [7, 11) is 0. The highest BCUT2D eigenvalue weighted by atomic mass is 127. The Hall–Kier alpha value is -6.62. The standard InChI is InChI=1S/2CH4.52F2.FH.HI/c;;52*1-2;;/h2*1H4;;;;;;;;;;;;;;;;;;;;;;;;;;;;;;;;;;;;;;;;;;;;;;;;;;;;;2*1H/i/hD. The monoisotopic (exact) mass is 2160 g/mol. The van der Waals surface area contributed by atoms with Crippen LogP contribution in [0.2, 0.25) is 0 Å². The van der Waals surface area contributed by atoms with Gasteiger partial charge in [0.15, 0.2) is 0 Å². The molecule has 0 fully saturated rings. The van der Waals surface area contributed by atoms with Crippen molar-refractivity contribution in [3.8, 4) is 0 Å². The molecule has 0 aliphatic heterocycles. The van der Waals surface area contributed by atoms with Gasteiger partial charge in [-0.05, 0) is 0 Å². The second-order valence-corrected chi connectivity index (χ2v) is 0. The van der Waals surface area contributed by atoms with Gasteiger partial charge < -0.3 is 0 Å². The van der Waals surface area contributed by atoms with Crippen LogP contribution in [0.25, 0.3) is 0 Å². The molecule has 0 saturated heterocycles. The van der Waals surface area contributed by atoms with E-state index in [1.165, 1.54) is 23.8 Å². The van der Waals surface area contributed by atoms with Crippen LogP contribution in [0.1, 0.15) is 14.9 Å². The molecule has 0 saturated carbocycles. The lowest BCUT2D eigenvalue weighted by Gasteiger charge is -1.00. The number of hydrogen-bond acceptors (Lipinski definition) is 0. The van der Waals surface area contributed by atoms with Gasteiger partial charge in [0, 0.05) is 476 Å². The Labute approximate surface area is 523 Å². The van der Waals surface area contributed by atoms with E-state index in [0.29, 0.717) is 0 Å². The maximum atomic E-state index is 8.00. The first-order chi connectivity index (χ1) is 53.0. The summed E-state index contributed by atoms with van der Waals surface area (Å²) in [6.45, 7) is 0. The molecule has 0 rings (SSSR count). The highest BCUT2D eigenvalue weighted by Gasteiger charge is 1.10. The van der Waals surface area contributed by atoms with Crippen LogP contribution in [-0.4, -0.2) is 0.594 Å². The topological polar surface area (TPSA) is 0 Å². The van der Waals surface area contributed by atoms with Gasteiger partial charge in [-0.3, -0.25) is 4.70 Å². The summed E-state index contributed by atoms with van der Waals surface area (Å²) < 4.78 is 838. The van der Waals surface area contributed by atoms with Crippen molar-refractivity contribution < 1.29 is 480 Å². The van der Waals surface area contributed by atoms with Crippen molar-refractivity contribution in [2.75, 3.05) is 0 Å². The lowest BCUT2D eigenvalue weighted by molar-refractivity contribution is 0.108. The minimum absolute atomic E-state index is 0. The van der Waals surface area contributed by atoms with E-state index < -0.39 is 0 Å². The molecule has 0 radical (unpaired) electrons. The normalized spacial score (nSPS) is 2.95. The minimum atomic E-state index is 0. The third kappa shape index (κ3) is 21900. The summed E-state index contributed by atoms with van der Waals surface area (Å²) in [6, 6.07) is 0. The molecule has 0 aliphatic rings. The van der Waals surface area contributed by atoms with Gasteiger partial charge in [0.1, 0.15) is 0.594 Å². The smallest absolute Gasteiger partial charge is 0.107 e. The predicted octanol–water partition coefficient (Wildman–Crippen LogP) is 45.7. The van der Waals surface area contributed by atoms with Crippen molar-refractivity contribution in [1.29, 1.82) is 0.594 Å². The quantitative estimate of drug-likeness (QED) is 0.168. The van der Waals surface area contributed by atoms with E-state index in [1.807, 2.05) is 0 Å². The maximum Gasteiger partial charge on any atom is 0.107 e. The molecule has 0 aromatic rings. The molecular formula is C2H10F105I. The Morgan fingerprint density at radius 2 is 0.0648 bits per heavy atom. The van der Waals surface area contributed by atoms with Crippen LogP contribution in [0, 0.1) is 0 Å². The Morgan fingerprint density at radius 1 is 0.0648 bits per heavy atom. The van der Waals surface area contributed by atoms with Crippen molar-refractivity contribution in [2.45, 2.75) is 14.9 Å². The number of hydrogen-bond donors (Lipinski definition) is 0. The van der Waals surface area contributed by atoms with Crippen molar-refractivity contribution in [3.63, 3.8) is 0 Å². The van der Waals surface area contributed by atoms with E-state index in [9.17, 15) is 0 Å². The molecule has 0 unspecified atom stereocenters. The van der Waals surface area contributed by atoms with E-state index in [-0.39, 0.29) is 19.6 Å². The van der Waals surface area contributed by atoms with E-state index in [1.54, 1.807) is 0 Å². The molecule has 0 aromatic carbocycles. The second kappa shape index (κ2) is 22600. The Morgan fingerprint density at radius 3 is 0.0648 bits per heavy atom. The minimum Gasteiger partial charge on any atom is -0.269 e. The first kappa shape index (κ1) is 475. The molecule has 760 valence electrons. The molecule has 0 bridgehead atoms. The Balaban J connectivity index is -0.00000000486. The van der Waals surface area contributed by atoms with E-state index in [2.05, 4.69) is 0 Å². The average molecular weight is 2160 g/mol. The van der Waals surface area contributed by atoms with Gasteiger partial charge >= 0.3 is 0 Å². The van der Waals surface area contributed by atoms with Gasteiger partial charge in [-0.25, -0.2) is 0 Å². The first-order valence-corrected chi connectivity index (χ1v) is 7.43. The fourth-order valence-electron chi connectivity index (χ4n) is 0. The molecular weight excluding hydrogens is 2150 g/mol. The summed E-state index contributed by atoms with van der Waals surface area (Å²) in [6.07, 6.45) is 0. The van der Waals surface area contributed by atoms with Crippen LogP contribution in [0.15, 0.2) is 0 Å². The lowest BCUT2D eigenvalue weighted by Crippen LogP contribution is -0.580. The zero-order valence-electron chi connectivity index (χ0n) is 41.1. The third-order valence-electron chi connectivity index (χ3n) is 0. The van der Waals surface area contributed by atoms with E-state index in [0.717, 1.165) is 0 Å². The van der Waals surface area contributed by atoms with Crippen molar-refractivity contribution in [3.05, 3.63) is 0 Å². The highest BCUT2D eigenvalue weighted by molar-refractivity contribution is 14.0. The second-order valence-electron chi connectivity index (χ2n) is 0. The molecule has 0 heterocycles. The molecule has 0 aliphatic carbocycles. The van der Waals surface area contributed by atoms with Crippen molar-refractivity contribution in [1.82, 2.24) is 0 Å².